The molecule has 8 nitrogen and oxygen atoms in total. The van der Waals surface area contributed by atoms with Crippen LogP contribution in [0.1, 0.15) is 6.92 Å². The molecule has 1 heterocycles. The third-order valence-electron chi connectivity index (χ3n) is 3.31. The summed E-state index contributed by atoms with van der Waals surface area (Å²) in [4.78, 5) is 38.9. The molecular weight excluding hydrogens is 314 g/mol. The van der Waals surface area contributed by atoms with Crippen LogP contribution >= 0.6 is 0 Å². The first-order valence-electron chi connectivity index (χ1n) is 7.43. The Labute approximate surface area is 139 Å². The number of benzene rings is 1. The van der Waals surface area contributed by atoms with Crippen LogP contribution in [0.25, 0.3) is 0 Å². The Kier molecular flexibility index (Phi) is 5.54. The molecule has 0 bridgehead atoms. The number of carbonyl (C=O) groups excluding carboxylic acids is 3. The van der Waals surface area contributed by atoms with Crippen LogP contribution in [0.15, 0.2) is 36.0 Å². The zero-order valence-corrected chi connectivity index (χ0v) is 13.5. The predicted octanol–water partition coefficient (Wildman–Crippen LogP) is 0.476. The summed E-state index contributed by atoms with van der Waals surface area (Å²) < 4.78 is 5.32. The Morgan fingerprint density at radius 2 is 1.92 bits per heavy atom. The van der Waals surface area contributed by atoms with E-state index in [-0.39, 0.29) is 18.7 Å². The van der Waals surface area contributed by atoms with E-state index in [1.54, 1.807) is 31.3 Å². The maximum Gasteiger partial charge on any atom is 0.335 e. The summed E-state index contributed by atoms with van der Waals surface area (Å²) in [5.74, 6) is -0.879. The predicted molar refractivity (Wildman–Crippen MR) is 86.4 cm³/mol. The molecule has 0 atom stereocenters. The van der Waals surface area contributed by atoms with Gasteiger partial charge in [0.15, 0.2) is 0 Å². The second kappa shape index (κ2) is 7.60. The fourth-order valence-corrected chi connectivity index (χ4v) is 2.18. The summed E-state index contributed by atoms with van der Waals surface area (Å²) in [6.45, 7) is 2.47. The van der Waals surface area contributed by atoms with Gasteiger partial charge in [-0.2, -0.15) is 0 Å². The van der Waals surface area contributed by atoms with Gasteiger partial charge in [0.05, 0.1) is 18.9 Å². The van der Waals surface area contributed by atoms with Crippen molar-refractivity contribution in [3.05, 3.63) is 36.0 Å². The van der Waals surface area contributed by atoms with E-state index in [0.29, 0.717) is 18.0 Å². The zero-order chi connectivity index (χ0) is 17.7. The number of imide groups is 2. The lowest BCUT2D eigenvalue weighted by Gasteiger charge is -2.27. The number of amides is 4. The molecule has 8 heteroatoms. The van der Waals surface area contributed by atoms with Gasteiger partial charge in [0, 0.05) is 19.8 Å². The van der Waals surface area contributed by atoms with Crippen molar-refractivity contribution < 1.29 is 24.2 Å². The number of nitrogens with one attached hydrogen (secondary N) is 1. The number of ether oxygens (including phenoxy) is 1. The van der Waals surface area contributed by atoms with E-state index in [1.165, 1.54) is 11.1 Å². The van der Waals surface area contributed by atoms with Gasteiger partial charge in [-0.05, 0) is 31.2 Å². The SMILES string of the molecule is CCOc1ccc(N2C(=O)NC(=O)/C(=C\N(C)CCO)C2=O)cc1. The fraction of sp³-hybridized carbons (Fsp3) is 0.312. The van der Waals surface area contributed by atoms with Crippen molar-refractivity contribution in [2.45, 2.75) is 6.92 Å². The molecule has 0 radical (unpaired) electrons. The largest absolute Gasteiger partial charge is 0.494 e. The van der Waals surface area contributed by atoms with Gasteiger partial charge in [-0.3, -0.25) is 14.9 Å². The second-order valence-corrected chi connectivity index (χ2v) is 5.07. The number of likely N-dealkylation sites (N-methyl/N-ethyl adjacent to an activating group) is 1. The van der Waals surface area contributed by atoms with Gasteiger partial charge in [0.2, 0.25) is 0 Å². The van der Waals surface area contributed by atoms with Crippen molar-refractivity contribution in [3.63, 3.8) is 0 Å². The third-order valence-corrected chi connectivity index (χ3v) is 3.31. The van der Waals surface area contributed by atoms with Crippen molar-refractivity contribution in [3.8, 4) is 5.75 Å². The molecule has 0 aromatic heterocycles. The molecule has 24 heavy (non-hydrogen) atoms. The van der Waals surface area contributed by atoms with E-state index in [0.717, 1.165) is 4.90 Å². The highest BCUT2D eigenvalue weighted by molar-refractivity contribution is 6.37. The molecule has 0 aliphatic carbocycles. The van der Waals surface area contributed by atoms with E-state index >= 15 is 0 Å². The molecule has 0 saturated carbocycles. The zero-order valence-electron chi connectivity index (χ0n) is 13.5. The number of aliphatic hydroxyl groups excluding tert-OH is 1. The Morgan fingerprint density at radius 3 is 2.50 bits per heavy atom. The number of barbiturate groups is 1. The molecule has 0 spiro atoms. The van der Waals surface area contributed by atoms with Crippen molar-refractivity contribution in [2.24, 2.45) is 0 Å². The van der Waals surface area contributed by atoms with Crippen LogP contribution < -0.4 is 15.0 Å². The van der Waals surface area contributed by atoms with E-state index in [4.69, 9.17) is 9.84 Å². The maximum atomic E-state index is 12.6. The number of nitrogens with zero attached hydrogens (tertiary/aromatic N) is 2. The van der Waals surface area contributed by atoms with Gasteiger partial charge in [-0.1, -0.05) is 0 Å². The Morgan fingerprint density at radius 1 is 1.25 bits per heavy atom. The normalized spacial score (nSPS) is 16.4. The van der Waals surface area contributed by atoms with Crippen molar-refractivity contribution in [2.75, 3.05) is 31.7 Å². The lowest BCUT2D eigenvalue weighted by atomic mass is 10.1. The van der Waals surface area contributed by atoms with E-state index < -0.39 is 17.8 Å². The molecule has 1 aliphatic rings. The first kappa shape index (κ1) is 17.5. The van der Waals surface area contributed by atoms with Gasteiger partial charge < -0.3 is 14.7 Å². The summed E-state index contributed by atoms with van der Waals surface area (Å²) >= 11 is 0. The molecule has 0 unspecified atom stereocenters. The minimum absolute atomic E-state index is 0.127. The van der Waals surface area contributed by atoms with Crippen LogP contribution in [-0.2, 0) is 9.59 Å². The molecule has 4 amide bonds. The summed E-state index contributed by atoms with van der Waals surface area (Å²) in [6, 6.07) is 5.59. The highest BCUT2D eigenvalue weighted by Crippen LogP contribution is 2.23. The van der Waals surface area contributed by atoms with Gasteiger partial charge in [0.25, 0.3) is 11.8 Å². The fourth-order valence-electron chi connectivity index (χ4n) is 2.18. The summed E-state index contributed by atoms with van der Waals surface area (Å²) in [5, 5.41) is 11.0. The lowest BCUT2D eigenvalue weighted by Crippen LogP contribution is -2.54. The van der Waals surface area contributed by atoms with E-state index in [1.807, 2.05) is 6.92 Å². The van der Waals surface area contributed by atoms with Crippen LogP contribution in [0.4, 0.5) is 10.5 Å². The number of aliphatic hydroxyl groups is 1. The molecule has 2 rings (SSSR count). The molecule has 1 aromatic rings. The van der Waals surface area contributed by atoms with Gasteiger partial charge in [-0.25, -0.2) is 9.69 Å². The first-order valence-corrected chi connectivity index (χ1v) is 7.43. The monoisotopic (exact) mass is 333 g/mol. The molecule has 1 aromatic carbocycles. The van der Waals surface area contributed by atoms with E-state index in [2.05, 4.69) is 5.32 Å². The smallest absolute Gasteiger partial charge is 0.335 e. The first-order chi connectivity index (χ1) is 11.5. The van der Waals surface area contributed by atoms with Crippen LogP contribution in [0, 0.1) is 0 Å². The van der Waals surface area contributed by atoms with Gasteiger partial charge >= 0.3 is 6.03 Å². The Hall–Kier alpha value is -2.87. The van der Waals surface area contributed by atoms with Crippen molar-refractivity contribution in [1.82, 2.24) is 10.2 Å². The second-order valence-electron chi connectivity index (χ2n) is 5.07. The minimum Gasteiger partial charge on any atom is -0.494 e. The summed E-state index contributed by atoms with van der Waals surface area (Å²) in [6.07, 6.45) is 1.31. The van der Waals surface area contributed by atoms with Crippen molar-refractivity contribution in [1.29, 1.82) is 0 Å². The number of hydrogen-bond acceptors (Lipinski definition) is 6. The van der Waals surface area contributed by atoms with Crippen molar-refractivity contribution >= 4 is 23.5 Å². The lowest BCUT2D eigenvalue weighted by molar-refractivity contribution is -0.122. The minimum atomic E-state index is -0.809. The number of urea groups is 1. The van der Waals surface area contributed by atoms with Crippen LogP contribution in [0.2, 0.25) is 0 Å². The van der Waals surface area contributed by atoms with E-state index in [9.17, 15) is 14.4 Å². The number of carbonyl (C=O) groups is 3. The molecular formula is C16H19N3O5. The molecule has 1 saturated heterocycles. The number of hydrogen-bond donors (Lipinski definition) is 2. The molecule has 128 valence electrons. The standard InChI is InChI=1S/C16H19N3O5/c1-3-24-12-6-4-11(5-7-12)19-15(22)13(10-18(2)8-9-20)14(21)17-16(19)23/h4-7,10,20H,3,8-9H2,1-2H3,(H,17,21,23)/b13-10+. The Bertz CT molecular complexity index is 669. The maximum absolute atomic E-state index is 12.6. The Balaban J connectivity index is 2.30. The number of anilines is 1. The molecule has 1 aliphatic heterocycles. The van der Waals surface area contributed by atoms with Crippen LogP contribution in [0.5, 0.6) is 5.75 Å². The van der Waals surface area contributed by atoms with Gasteiger partial charge in [0.1, 0.15) is 11.3 Å². The highest BCUT2D eigenvalue weighted by Gasteiger charge is 2.37. The number of rotatable bonds is 6. The quantitative estimate of drug-likeness (QED) is 0.580. The average molecular weight is 333 g/mol. The summed E-state index contributed by atoms with van der Waals surface area (Å²) in [5.41, 5.74) is 0.142. The molecule has 2 N–H and O–H groups in total. The highest BCUT2D eigenvalue weighted by atomic mass is 16.5. The topological polar surface area (TPSA) is 99.2 Å². The third kappa shape index (κ3) is 3.72. The average Bonchev–Trinajstić information content (AvgIpc) is 2.53. The van der Waals surface area contributed by atoms with Crippen LogP contribution in [0.3, 0.4) is 0 Å². The summed E-state index contributed by atoms with van der Waals surface area (Å²) in [7, 11) is 1.61. The molecule has 1 fully saturated rings. The van der Waals surface area contributed by atoms with Gasteiger partial charge in [-0.15, -0.1) is 0 Å². The van der Waals surface area contributed by atoms with Crippen LogP contribution in [-0.4, -0.2) is 54.7 Å².